The molecule has 1 aliphatic carbocycles. The van der Waals surface area contributed by atoms with Gasteiger partial charge in [0.05, 0.1) is 23.9 Å². The van der Waals surface area contributed by atoms with Crippen molar-refractivity contribution in [3.8, 4) is 5.75 Å². The first kappa shape index (κ1) is 32.2. The summed E-state index contributed by atoms with van der Waals surface area (Å²) >= 11 is 6.50. The average Bonchev–Trinajstić information content (AvgIpc) is 3.34. The maximum absolute atomic E-state index is 14.3. The number of amides is 3. The summed E-state index contributed by atoms with van der Waals surface area (Å²) in [4.78, 5) is 61.0. The minimum Gasteiger partial charge on any atom is -0.491 e. The Kier molecular flexibility index (Phi) is 8.45. The van der Waals surface area contributed by atoms with Crippen LogP contribution in [0.3, 0.4) is 0 Å². The maximum atomic E-state index is 14.3. The number of carboxylic acid groups (broad SMARTS) is 1. The SMILES string of the molecule is CC(C)(C)OC(=O)NC1CCCCC/C=C\C2CC2(C(=O)O)NC(=O)C2CC3(CC(c4cc(Cl)c5c(c4)CCO5)=NO3)CN2C1=O. The number of oxime groups is 1. The maximum Gasteiger partial charge on any atom is 0.408 e. The zero-order valence-corrected chi connectivity index (χ0v) is 27.2. The van der Waals surface area contributed by atoms with Gasteiger partial charge in [0, 0.05) is 30.7 Å². The molecule has 248 valence electrons. The molecule has 1 saturated carbocycles. The van der Waals surface area contributed by atoms with Crippen LogP contribution in [-0.2, 0) is 30.4 Å². The van der Waals surface area contributed by atoms with Crippen molar-refractivity contribution >= 4 is 41.2 Å². The van der Waals surface area contributed by atoms with Gasteiger partial charge < -0.3 is 35.0 Å². The van der Waals surface area contributed by atoms with Crippen molar-refractivity contribution in [1.29, 1.82) is 0 Å². The van der Waals surface area contributed by atoms with E-state index in [1.54, 1.807) is 26.8 Å². The number of rotatable bonds is 3. The van der Waals surface area contributed by atoms with Crippen molar-refractivity contribution in [3.05, 3.63) is 40.4 Å². The number of allylic oxidation sites excluding steroid dienone is 1. The normalized spacial score (nSPS) is 31.6. The molecule has 4 aliphatic heterocycles. The number of carbonyl (C=O) groups is 4. The average molecular weight is 657 g/mol. The van der Waals surface area contributed by atoms with Gasteiger partial charge in [0.1, 0.15) is 29.0 Å². The van der Waals surface area contributed by atoms with Crippen molar-refractivity contribution in [3.63, 3.8) is 0 Å². The highest BCUT2D eigenvalue weighted by Crippen LogP contribution is 2.46. The summed E-state index contributed by atoms with van der Waals surface area (Å²) in [5, 5.41) is 20.5. The Balaban J connectivity index is 1.29. The van der Waals surface area contributed by atoms with E-state index in [-0.39, 0.29) is 25.3 Å². The van der Waals surface area contributed by atoms with Crippen LogP contribution in [0.25, 0.3) is 0 Å². The number of ether oxygens (including phenoxy) is 2. The number of benzene rings is 1. The van der Waals surface area contributed by atoms with E-state index in [4.69, 9.17) is 25.9 Å². The Morgan fingerprint density at radius 2 is 2.00 bits per heavy atom. The molecule has 1 aromatic rings. The third kappa shape index (κ3) is 6.41. The molecule has 12 nitrogen and oxygen atoms in total. The van der Waals surface area contributed by atoms with E-state index in [9.17, 15) is 24.3 Å². The number of hydrogen-bond donors (Lipinski definition) is 3. The molecule has 3 amide bonds. The third-order valence-electron chi connectivity index (χ3n) is 9.36. The van der Waals surface area contributed by atoms with Crippen molar-refractivity contribution in [2.45, 2.75) is 107 Å². The molecule has 5 unspecified atom stereocenters. The molecular formula is C33H41ClN4O8. The van der Waals surface area contributed by atoms with Gasteiger partial charge in [-0.1, -0.05) is 41.8 Å². The Bertz CT molecular complexity index is 1500. The third-order valence-corrected chi connectivity index (χ3v) is 9.64. The molecule has 6 rings (SSSR count). The first-order chi connectivity index (χ1) is 21.8. The summed E-state index contributed by atoms with van der Waals surface area (Å²) < 4.78 is 11.1. The number of fused-ring (bicyclic) bond motifs is 3. The van der Waals surface area contributed by atoms with Crippen LogP contribution < -0.4 is 15.4 Å². The lowest BCUT2D eigenvalue weighted by molar-refractivity contribution is -0.145. The second-order valence-corrected chi connectivity index (χ2v) is 14.5. The Labute approximate surface area is 272 Å². The lowest BCUT2D eigenvalue weighted by atomic mass is 9.91. The van der Waals surface area contributed by atoms with Gasteiger partial charge in [-0.25, -0.2) is 9.59 Å². The fourth-order valence-corrected chi connectivity index (χ4v) is 7.23. The van der Waals surface area contributed by atoms with Crippen LogP contribution in [0.15, 0.2) is 29.4 Å². The number of alkyl carbamates (subject to hydrolysis) is 1. The van der Waals surface area contributed by atoms with Crippen molar-refractivity contribution in [1.82, 2.24) is 15.5 Å². The standard InChI is InChI=1S/C33H41ClN4O8/c1-31(2,3)45-30(43)35-23-10-8-6-4-5-7-9-21-15-33(21,29(41)42)36-27(39)25-17-32(18-38(25)28(23)40)16-24(37-46-32)20-13-19-11-12-44-26(19)22(34)14-20/h7,9,13-14,21,23,25H,4-6,8,10-12,15-18H2,1-3H3,(H,35,43)(H,36,39)(H,41,42)/b9-7-. The highest BCUT2D eigenvalue weighted by Gasteiger charge is 2.62. The van der Waals surface area contributed by atoms with Crippen LogP contribution in [0.4, 0.5) is 4.79 Å². The number of nitrogens with zero attached hydrogens (tertiary/aromatic N) is 2. The van der Waals surface area contributed by atoms with Gasteiger partial charge in [-0.05, 0) is 64.2 Å². The molecule has 13 heteroatoms. The number of hydrogen-bond acceptors (Lipinski definition) is 8. The van der Waals surface area contributed by atoms with Gasteiger partial charge >= 0.3 is 12.1 Å². The zero-order chi connectivity index (χ0) is 32.9. The van der Waals surface area contributed by atoms with Crippen LogP contribution in [0, 0.1) is 5.92 Å². The molecule has 2 fully saturated rings. The molecule has 0 radical (unpaired) electrons. The smallest absolute Gasteiger partial charge is 0.408 e. The lowest BCUT2D eigenvalue weighted by Gasteiger charge is -2.30. The highest BCUT2D eigenvalue weighted by molar-refractivity contribution is 6.32. The van der Waals surface area contributed by atoms with E-state index in [1.165, 1.54) is 4.90 Å². The van der Waals surface area contributed by atoms with Crippen LogP contribution in [0.2, 0.25) is 5.02 Å². The van der Waals surface area contributed by atoms with Gasteiger partial charge in [-0.2, -0.15) is 0 Å². The Hall–Kier alpha value is -3.80. The van der Waals surface area contributed by atoms with Crippen molar-refractivity contribution in [2.24, 2.45) is 11.1 Å². The number of halogens is 1. The summed E-state index contributed by atoms with van der Waals surface area (Å²) in [5.74, 6) is -1.83. The van der Waals surface area contributed by atoms with E-state index in [0.717, 1.165) is 36.8 Å². The molecule has 5 aliphatic rings. The molecule has 4 heterocycles. The Morgan fingerprint density at radius 1 is 1.20 bits per heavy atom. The molecule has 46 heavy (non-hydrogen) atoms. The van der Waals surface area contributed by atoms with Crippen LogP contribution in [0.1, 0.15) is 83.3 Å². The van der Waals surface area contributed by atoms with Crippen LogP contribution in [0.5, 0.6) is 5.75 Å². The molecular weight excluding hydrogens is 616 g/mol. The van der Waals surface area contributed by atoms with Crippen molar-refractivity contribution in [2.75, 3.05) is 13.2 Å². The van der Waals surface area contributed by atoms with E-state index in [0.29, 0.717) is 42.4 Å². The molecule has 5 atom stereocenters. The number of nitrogens with one attached hydrogen (secondary N) is 2. The first-order valence-corrected chi connectivity index (χ1v) is 16.4. The van der Waals surface area contributed by atoms with Gasteiger partial charge in [0.2, 0.25) is 11.8 Å². The lowest BCUT2D eigenvalue weighted by Crippen LogP contribution is -2.56. The van der Waals surface area contributed by atoms with E-state index < -0.39 is 52.7 Å². The molecule has 0 bridgehead atoms. The summed E-state index contributed by atoms with van der Waals surface area (Å²) in [6.45, 7) is 5.79. The van der Waals surface area contributed by atoms with E-state index in [2.05, 4.69) is 15.8 Å². The number of carbonyl (C=O) groups excluding carboxylic acids is 3. The molecule has 3 N–H and O–H groups in total. The minimum atomic E-state index is -1.44. The second-order valence-electron chi connectivity index (χ2n) is 14.1. The second kappa shape index (κ2) is 12.1. The van der Waals surface area contributed by atoms with E-state index >= 15 is 0 Å². The summed E-state index contributed by atoms with van der Waals surface area (Å²) in [6.07, 6.45) is 7.88. The van der Waals surface area contributed by atoms with Crippen LogP contribution >= 0.6 is 11.6 Å². The summed E-state index contributed by atoms with van der Waals surface area (Å²) in [5.41, 5.74) is -0.867. The highest BCUT2D eigenvalue weighted by atomic mass is 35.5. The zero-order valence-electron chi connectivity index (χ0n) is 26.4. The first-order valence-electron chi connectivity index (χ1n) is 16.0. The fourth-order valence-electron chi connectivity index (χ4n) is 6.93. The van der Waals surface area contributed by atoms with Gasteiger partial charge in [-0.3, -0.25) is 9.59 Å². The summed E-state index contributed by atoms with van der Waals surface area (Å²) in [7, 11) is 0. The predicted molar refractivity (Wildman–Crippen MR) is 168 cm³/mol. The van der Waals surface area contributed by atoms with Crippen molar-refractivity contribution < 1.29 is 38.6 Å². The van der Waals surface area contributed by atoms with E-state index in [1.807, 2.05) is 18.2 Å². The minimum absolute atomic E-state index is 0.0224. The molecule has 1 aromatic carbocycles. The van der Waals surface area contributed by atoms with Gasteiger partial charge in [-0.15, -0.1) is 0 Å². The monoisotopic (exact) mass is 656 g/mol. The largest absolute Gasteiger partial charge is 0.491 e. The predicted octanol–water partition coefficient (Wildman–Crippen LogP) is 4.11. The van der Waals surface area contributed by atoms with Gasteiger partial charge in [0.15, 0.2) is 5.60 Å². The molecule has 0 aromatic heterocycles. The topological polar surface area (TPSA) is 156 Å². The molecule has 1 spiro atoms. The Morgan fingerprint density at radius 3 is 2.76 bits per heavy atom. The van der Waals surface area contributed by atoms with Gasteiger partial charge in [0.25, 0.3) is 0 Å². The molecule has 1 saturated heterocycles. The fraction of sp³-hybridized carbons (Fsp3) is 0.606. The number of carboxylic acids is 1. The number of aliphatic carboxylic acids is 1. The quantitative estimate of drug-likeness (QED) is 0.411. The van der Waals surface area contributed by atoms with Crippen LogP contribution in [-0.4, -0.2) is 81.6 Å². The summed E-state index contributed by atoms with van der Waals surface area (Å²) in [6, 6.07) is 1.74.